The highest BCUT2D eigenvalue weighted by Gasteiger charge is 2.19. The van der Waals surface area contributed by atoms with E-state index >= 15 is 0 Å². The second-order valence-electron chi connectivity index (χ2n) is 6.71. The van der Waals surface area contributed by atoms with Crippen LogP contribution in [0.1, 0.15) is 19.4 Å². The summed E-state index contributed by atoms with van der Waals surface area (Å²) in [5, 5.41) is 2.90. The van der Waals surface area contributed by atoms with Crippen molar-refractivity contribution >= 4 is 17.6 Å². The van der Waals surface area contributed by atoms with Gasteiger partial charge in [0.25, 0.3) is 0 Å². The van der Waals surface area contributed by atoms with Crippen LogP contribution in [0.5, 0.6) is 11.5 Å². The van der Waals surface area contributed by atoms with Crippen LogP contribution in [0.4, 0.5) is 5.69 Å². The number of para-hydroxylation sites is 2. The predicted octanol–water partition coefficient (Wildman–Crippen LogP) is 3.86. The molecule has 2 aromatic carbocycles. The molecule has 6 heteroatoms. The summed E-state index contributed by atoms with van der Waals surface area (Å²) in [4.78, 5) is 26.0. The summed E-state index contributed by atoms with van der Waals surface area (Å²) in [6.07, 6.45) is 0. The topological polar surface area (TPSA) is 67.9 Å². The van der Waals surface area contributed by atoms with Gasteiger partial charge in [0.1, 0.15) is 5.75 Å². The van der Waals surface area contributed by atoms with Gasteiger partial charge in [0.2, 0.25) is 5.91 Å². The molecule has 0 fully saturated rings. The third-order valence-corrected chi connectivity index (χ3v) is 4.36. The van der Waals surface area contributed by atoms with Crippen LogP contribution >= 0.6 is 0 Å². The van der Waals surface area contributed by atoms with E-state index in [1.165, 1.54) is 7.11 Å². The molecule has 28 heavy (non-hydrogen) atoms. The molecular weight excluding hydrogens is 356 g/mol. The highest BCUT2D eigenvalue weighted by Crippen LogP contribution is 2.29. The molecule has 0 heterocycles. The lowest BCUT2D eigenvalue weighted by molar-refractivity contribution is -0.145. The van der Waals surface area contributed by atoms with E-state index < -0.39 is 0 Å². The second kappa shape index (κ2) is 10.5. The van der Waals surface area contributed by atoms with Gasteiger partial charge >= 0.3 is 5.97 Å². The minimum Gasteiger partial charge on any atom is -0.469 e. The van der Waals surface area contributed by atoms with Gasteiger partial charge in [0.05, 0.1) is 25.3 Å². The molecule has 1 N–H and O–H groups in total. The van der Waals surface area contributed by atoms with Crippen LogP contribution in [-0.2, 0) is 14.3 Å². The normalized spacial score (nSPS) is 11.8. The number of aryl methyl sites for hydroxylation is 1. The number of hydrogen-bond acceptors (Lipinski definition) is 5. The molecule has 0 aliphatic carbocycles. The molecule has 0 spiro atoms. The van der Waals surface area contributed by atoms with E-state index in [-0.39, 0.29) is 24.3 Å². The zero-order chi connectivity index (χ0) is 20.5. The van der Waals surface area contributed by atoms with Crippen molar-refractivity contribution in [2.75, 3.05) is 32.1 Å². The summed E-state index contributed by atoms with van der Waals surface area (Å²) in [7, 11) is 1.37. The first-order valence-corrected chi connectivity index (χ1v) is 9.36. The molecule has 1 amide bonds. The molecule has 1 unspecified atom stereocenters. The summed E-state index contributed by atoms with van der Waals surface area (Å²) in [5.74, 6) is 0.532. The quantitative estimate of drug-likeness (QED) is 0.665. The van der Waals surface area contributed by atoms with Crippen LogP contribution in [0.3, 0.4) is 0 Å². The van der Waals surface area contributed by atoms with E-state index in [0.29, 0.717) is 30.3 Å². The molecule has 6 nitrogen and oxygen atoms in total. The lowest BCUT2D eigenvalue weighted by atomic mass is 10.1. The van der Waals surface area contributed by atoms with Gasteiger partial charge in [0, 0.05) is 6.54 Å². The fraction of sp³-hybridized carbons (Fsp3) is 0.364. The predicted molar refractivity (Wildman–Crippen MR) is 110 cm³/mol. The summed E-state index contributed by atoms with van der Waals surface area (Å²) < 4.78 is 10.7. The second-order valence-corrected chi connectivity index (χ2v) is 6.71. The van der Waals surface area contributed by atoms with E-state index in [1.807, 2.05) is 61.2 Å². The Balaban J connectivity index is 2.01. The molecule has 0 saturated carbocycles. The van der Waals surface area contributed by atoms with Gasteiger partial charge in [-0.15, -0.1) is 0 Å². The van der Waals surface area contributed by atoms with Gasteiger partial charge in [0.15, 0.2) is 5.75 Å². The fourth-order valence-electron chi connectivity index (χ4n) is 2.75. The van der Waals surface area contributed by atoms with E-state index in [2.05, 4.69) is 5.32 Å². The monoisotopic (exact) mass is 384 g/mol. The number of nitrogens with zero attached hydrogens (tertiary/aromatic N) is 1. The van der Waals surface area contributed by atoms with Crippen LogP contribution in [0.2, 0.25) is 0 Å². The van der Waals surface area contributed by atoms with E-state index in [4.69, 9.17) is 9.47 Å². The van der Waals surface area contributed by atoms with Crippen LogP contribution in [0, 0.1) is 12.8 Å². The zero-order valence-corrected chi connectivity index (χ0v) is 16.9. The average molecular weight is 384 g/mol. The number of methoxy groups -OCH3 is 1. The number of carbonyl (C=O) groups excluding carboxylic acids is 2. The first-order valence-electron chi connectivity index (χ1n) is 9.36. The molecule has 1 atom stereocenters. The lowest BCUT2D eigenvalue weighted by Crippen LogP contribution is -2.38. The van der Waals surface area contributed by atoms with Gasteiger partial charge in [-0.1, -0.05) is 43.7 Å². The fourth-order valence-corrected chi connectivity index (χ4v) is 2.75. The number of anilines is 1. The zero-order valence-electron chi connectivity index (χ0n) is 16.9. The minimum atomic E-state index is -0.296. The Labute approximate surface area is 166 Å². The number of likely N-dealkylation sites (N-methyl/N-ethyl adjacent to an activating group) is 1. The molecular formula is C22H28N2O4. The van der Waals surface area contributed by atoms with E-state index in [9.17, 15) is 9.59 Å². The van der Waals surface area contributed by atoms with Crippen molar-refractivity contribution < 1.29 is 19.1 Å². The lowest BCUT2D eigenvalue weighted by Gasteiger charge is -2.22. The van der Waals surface area contributed by atoms with E-state index in [1.54, 1.807) is 13.0 Å². The van der Waals surface area contributed by atoms with E-state index in [0.717, 1.165) is 5.56 Å². The molecule has 0 bridgehead atoms. The Bertz CT molecular complexity index is 789. The SMILES string of the molecule is CCN(CC(=O)Nc1ccccc1Oc1ccc(C)cc1)CC(C)C(=O)OC. The van der Waals surface area contributed by atoms with Gasteiger partial charge < -0.3 is 14.8 Å². The number of rotatable bonds is 9. The number of hydrogen-bond donors (Lipinski definition) is 1. The number of ether oxygens (including phenoxy) is 2. The average Bonchev–Trinajstić information content (AvgIpc) is 2.69. The maximum absolute atomic E-state index is 12.5. The number of amides is 1. The van der Waals surface area contributed by atoms with Gasteiger partial charge in [-0.2, -0.15) is 0 Å². The largest absolute Gasteiger partial charge is 0.469 e. The Kier molecular flexibility index (Phi) is 8.02. The third kappa shape index (κ3) is 6.39. The molecule has 0 aromatic heterocycles. The molecule has 2 rings (SSSR count). The van der Waals surface area contributed by atoms with Gasteiger partial charge in [-0.25, -0.2) is 0 Å². The summed E-state index contributed by atoms with van der Waals surface area (Å²) >= 11 is 0. The summed E-state index contributed by atoms with van der Waals surface area (Å²) in [5.41, 5.74) is 1.75. The van der Waals surface area contributed by atoms with Crippen molar-refractivity contribution in [1.29, 1.82) is 0 Å². The van der Waals surface area contributed by atoms with Crippen molar-refractivity contribution in [3.8, 4) is 11.5 Å². The molecule has 150 valence electrons. The van der Waals surface area contributed by atoms with Gasteiger partial charge in [-0.3, -0.25) is 14.5 Å². The van der Waals surface area contributed by atoms with Crippen molar-refractivity contribution in [2.45, 2.75) is 20.8 Å². The van der Waals surface area contributed by atoms with Crippen molar-refractivity contribution in [2.24, 2.45) is 5.92 Å². The summed E-state index contributed by atoms with van der Waals surface area (Å²) in [6.45, 7) is 7.03. The van der Waals surface area contributed by atoms with Crippen LogP contribution in [0.15, 0.2) is 48.5 Å². The number of benzene rings is 2. The number of carbonyl (C=O) groups is 2. The first-order chi connectivity index (χ1) is 13.4. The molecule has 0 radical (unpaired) electrons. The molecule has 2 aromatic rings. The smallest absolute Gasteiger partial charge is 0.309 e. The number of esters is 1. The van der Waals surface area contributed by atoms with Crippen LogP contribution in [0.25, 0.3) is 0 Å². The molecule has 0 aliphatic rings. The molecule has 0 aliphatic heterocycles. The highest BCUT2D eigenvalue weighted by molar-refractivity contribution is 5.93. The van der Waals surface area contributed by atoms with Crippen molar-refractivity contribution in [3.05, 3.63) is 54.1 Å². The van der Waals surface area contributed by atoms with Gasteiger partial charge in [-0.05, 0) is 37.7 Å². The Morgan fingerprint density at radius 3 is 2.43 bits per heavy atom. The van der Waals surface area contributed by atoms with Crippen molar-refractivity contribution in [1.82, 2.24) is 4.90 Å². The number of nitrogens with one attached hydrogen (secondary N) is 1. The first kappa shape index (κ1) is 21.4. The summed E-state index contributed by atoms with van der Waals surface area (Å²) in [6, 6.07) is 15.0. The van der Waals surface area contributed by atoms with Crippen LogP contribution in [-0.4, -0.2) is 43.5 Å². The van der Waals surface area contributed by atoms with Crippen molar-refractivity contribution in [3.63, 3.8) is 0 Å². The Morgan fingerprint density at radius 2 is 1.79 bits per heavy atom. The Morgan fingerprint density at radius 1 is 1.11 bits per heavy atom. The third-order valence-electron chi connectivity index (χ3n) is 4.36. The Hall–Kier alpha value is -2.86. The maximum Gasteiger partial charge on any atom is 0.309 e. The standard InChI is InChI=1S/C22H28N2O4/c1-5-24(14-17(3)22(26)27-4)15-21(25)23-19-8-6-7-9-20(19)28-18-12-10-16(2)11-13-18/h6-13,17H,5,14-15H2,1-4H3,(H,23,25). The maximum atomic E-state index is 12.5. The highest BCUT2D eigenvalue weighted by atomic mass is 16.5. The van der Waals surface area contributed by atoms with Crippen LogP contribution < -0.4 is 10.1 Å². The molecule has 0 saturated heterocycles. The minimum absolute atomic E-state index is 0.168.